The van der Waals surface area contributed by atoms with Crippen molar-refractivity contribution in [3.63, 3.8) is 0 Å². The van der Waals surface area contributed by atoms with Crippen molar-refractivity contribution in [3.05, 3.63) is 24.3 Å². The lowest BCUT2D eigenvalue weighted by molar-refractivity contribution is 0.0156. The van der Waals surface area contributed by atoms with Gasteiger partial charge >= 0.3 is 0 Å². The van der Waals surface area contributed by atoms with Gasteiger partial charge in [-0.15, -0.1) is 0 Å². The zero-order valence-electron chi connectivity index (χ0n) is 21.3. The van der Waals surface area contributed by atoms with Crippen LogP contribution in [0, 0.1) is 0 Å². The molecule has 0 radical (unpaired) electrons. The molecule has 2 rings (SSSR count). The summed E-state index contributed by atoms with van der Waals surface area (Å²) >= 11 is 0. The summed E-state index contributed by atoms with van der Waals surface area (Å²) in [4.78, 5) is 2.77. The Hall–Kier alpha value is -1.15. The Kier molecular flexibility index (Phi) is 12.7. The maximum absolute atomic E-state index is 13.0. The molecule has 0 aromatic heterocycles. The third-order valence-electron chi connectivity index (χ3n) is 6.83. The molecule has 1 saturated carbocycles. The first-order valence-corrected chi connectivity index (χ1v) is 14.2. The zero-order chi connectivity index (χ0) is 24.1. The molecule has 190 valence electrons. The highest BCUT2D eigenvalue weighted by Crippen LogP contribution is 2.29. The molecule has 1 aliphatic rings. The lowest BCUT2D eigenvalue weighted by Crippen LogP contribution is -2.40. The molecule has 33 heavy (non-hydrogen) atoms. The van der Waals surface area contributed by atoms with Crippen molar-refractivity contribution in [2.45, 2.75) is 94.6 Å². The number of rotatable bonds is 16. The van der Waals surface area contributed by atoms with Gasteiger partial charge in [0, 0.05) is 19.7 Å². The summed E-state index contributed by atoms with van der Waals surface area (Å²) < 4.78 is 38.7. The maximum atomic E-state index is 13.0. The molecular weight excluding hydrogens is 436 g/mol. The molecule has 7 heteroatoms. The third kappa shape index (κ3) is 9.55. The van der Waals surface area contributed by atoms with Crippen LogP contribution in [0.1, 0.15) is 77.6 Å². The minimum Gasteiger partial charge on any atom is -0.497 e. The van der Waals surface area contributed by atoms with Gasteiger partial charge in [-0.3, -0.25) is 0 Å². The van der Waals surface area contributed by atoms with E-state index < -0.39 is 10.0 Å². The van der Waals surface area contributed by atoms with Crippen molar-refractivity contribution in [3.8, 4) is 5.75 Å². The van der Waals surface area contributed by atoms with E-state index in [1.165, 1.54) is 51.6 Å². The second-order valence-corrected chi connectivity index (χ2v) is 11.4. The standard InChI is InChI=1S/C26H46N2O4S/c1-5-6-9-20-27(2)21-10-7-8-11-22-32-25-14-12-23(13-15-25)28(3)33(29,30)26-18-16-24(31-4)17-19-26/h16-19,23,25H,5-15,20-22H2,1-4H3/t23-,25-. The Morgan fingerprint density at radius 2 is 1.48 bits per heavy atom. The Morgan fingerprint density at radius 1 is 0.879 bits per heavy atom. The quantitative estimate of drug-likeness (QED) is 0.298. The fraction of sp³-hybridized carbons (Fsp3) is 0.769. The predicted octanol–water partition coefficient (Wildman–Crippen LogP) is 5.33. The van der Waals surface area contributed by atoms with Crippen LogP contribution >= 0.6 is 0 Å². The van der Waals surface area contributed by atoms with Crippen molar-refractivity contribution in [1.29, 1.82) is 0 Å². The van der Waals surface area contributed by atoms with Crippen LogP contribution in [0.15, 0.2) is 29.2 Å². The fourth-order valence-electron chi connectivity index (χ4n) is 4.52. The highest BCUT2D eigenvalue weighted by molar-refractivity contribution is 7.89. The van der Waals surface area contributed by atoms with E-state index in [0.29, 0.717) is 10.6 Å². The van der Waals surface area contributed by atoms with E-state index in [2.05, 4.69) is 18.9 Å². The predicted molar refractivity (Wildman–Crippen MR) is 135 cm³/mol. The second-order valence-electron chi connectivity index (χ2n) is 9.42. The first kappa shape index (κ1) is 28.1. The number of ether oxygens (including phenoxy) is 2. The molecule has 1 aromatic carbocycles. The maximum Gasteiger partial charge on any atom is 0.243 e. The van der Waals surface area contributed by atoms with Crippen molar-refractivity contribution in [2.24, 2.45) is 0 Å². The molecule has 1 fully saturated rings. The Bertz CT molecular complexity index is 746. The smallest absolute Gasteiger partial charge is 0.243 e. The van der Waals surface area contributed by atoms with Crippen molar-refractivity contribution in [1.82, 2.24) is 9.21 Å². The monoisotopic (exact) mass is 482 g/mol. The molecule has 0 unspecified atom stereocenters. The third-order valence-corrected chi connectivity index (χ3v) is 8.75. The minimum atomic E-state index is -3.49. The van der Waals surface area contributed by atoms with Gasteiger partial charge in [0.1, 0.15) is 5.75 Å². The van der Waals surface area contributed by atoms with Crippen LogP contribution in [0.5, 0.6) is 5.75 Å². The number of nitrogens with zero attached hydrogens (tertiary/aromatic N) is 2. The number of hydrogen-bond acceptors (Lipinski definition) is 5. The molecule has 1 aliphatic carbocycles. The minimum absolute atomic E-state index is 0.0336. The molecule has 6 nitrogen and oxygen atoms in total. The molecule has 0 aliphatic heterocycles. The van der Waals surface area contributed by atoms with Gasteiger partial charge in [-0.2, -0.15) is 4.31 Å². The van der Waals surface area contributed by atoms with Gasteiger partial charge in [0.15, 0.2) is 0 Å². The summed E-state index contributed by atoms with van der Waals surface area (Å²) in [6.07, 6.45) is 12.6. The van der Waals surface area contributed by atoms with E-state index in [4.69, 9.17) is 9.47 Å². The average Bonchev–Trinajstić information content (AvgIpc) is 2.83. The van der Waals surface area contributed by atoms with E-state index in [1.807, 2.05) is 0 Å². The first-order valence-electron chi connectivity index (χ1n) is 12.8. The fourth-order valence-corrected chi connectivity index (χ4v) is 5.93. The number of unbranched alkanes of at least 4 members (excludes halogenated alkanes) is 5. The van der Waals surface area contributed by atoms with Crippen LogP contribution in [-0.2, 0) is 14.8 Å². The van der Waals surface area contributed by atoms with Gasteiger partial charge in [0.25, 0.3) is 0 Å². The van der Waals surface area contributed by atoms with Crippen LogP contribution in [0.2, 0.25) is 0 Å². The van der Waals surface area contributed by atoms with Crippen LogP contribution in [0.4, 0.5) is 0 Å². The van der Waals surface area contributed by atoms with Crippen LogP contribution < -0.4 is 4.74 Å². The van der Waals surface area contributed by atoms with E-state index in [0.717, 1.165) is 38.7 Å². The zero-order valence-corrected chi connectivity index (χ0v) is 22.1. The molecule has 0 bridgehead atoms. The van der Waals surface area contributed by atoms with E-state index >= 15 is 0 Å². The molecule has 1 aromatic rings. The average molecular weight is 483 g/mol. The van der Waals surface area contributed by atoms with Crippen LogP contribution in [0.3, 0.4) is 0 Å². The number of benzene rings is 1. The van der Waals surface area contributed by atoms with Crippen molar-refractivity contribution >= 4 is 10.0 Å². The highest BCUT2D eigenvalue weighted by Gasteiger charge is 2.31. The first-order chi connectivity index (χ1) is 15.9. The van der Waals surface area contributed by atoms with E-state index in [9.17, 15) is 8.42 Å². The summed E-state index contributed by atoms with van der Waals surface area (Å²) in [5.41, 5.74) is 0. The van der Waals surface area contributed by atoms with Gasteiger partial charge in [-0.05, 0) is 89.3 Å². The summed E-state index contributed by atoms with van der Waals surface area (Å²) in [5.74, 6) is 0.656. The highest BCUT2D eigenvalue weighted by atomic mass is 32.2. The number of hydrogen-bond donors (Lipinski definition) is 0. The van der Waals surface area contributed by atoms with Crippen molar-refractivity contribution in [2.75, 3.05) is 40.9 Å². The Labute approximate surface area is 202 Å². The summed E-state index contributed by atoms with van der Waals surface area (Å²) in [7, 11) is 2.02. The molecule has 0 atom stereocenters. The number of methoxy groups -OCH3 is 1. The van der Waals surface area contributed by atoms with Crippen LogP contribution in [-0.4, -0.2) is 70.7 Å². The molecule has 0 spiro atoms. The molecule has 0 heterocycles. The van der Waals surface area contributed by atoms with Crippen LogP contribution in [0.25, 0.3) is 0 Å². The molecular formula is C26H46N2O4S. The van der Waals surface area contributed by atoms with Crippen molar-refractivity contribution < 1.29 is 17.9 Å². The molecule has 0 saturated heterocycles. The molecule has 0 amide bonds. The SMILES string of the molecule is CCCCCN(C)CCCCCCO[C@H]1CC[C@H](N(C)S(=O)(=O)c2ccc(OC)cc2)CC1. The molecule has 0 N–H and O–H groups in total. The largest absolute Gasteiger partial charge is 0.497 e. The number of sulfonamides is 1. The van der Waals surface area contributed by atoms with Gasteiger partial charge in [0.2, 0.25) is 10.0 Å². The normalized spacial score (nSPS) is 19.3. The topological polar surface area (TPSA) is 59.1 Å². The Morgan fingerprint density at radius 3 is 2.09 bits per heavy atom. The summed E-state index contributed by atoms with van der Waals surface area (Å²) in [6, 6.07) is 6.65. The van der Waals surface area contributed by atoms with E-state index in [1.54, 1.807) is 42.7 Å². The van der Waals surface area contributed by atoms with Gasteiger partial charge in [-0.25, -0.2) is 8.42 Å². The lowest BCUT2D eigenvalue weighted by Gasteiger charge is -2.34. The summed E-state index contributed by atoms with van der Waals surface area (Å²) in [6.45, 7) is 5.49. The van der Waals surface area contributed by atoms with Gasteiger partial charge in [0.05, 0.1) is 18.1 Å². The van der Waals surface area contributed by atoms with E-state index in [-0.39, 0.29) is 12.1 Å². The summed E-state index contributed by atoms with van der Waals surface area (Å²) in [5, 5.41) is 0. The lowest BCUT2D eigenvalue weighted by atomic mass is 9.93. The van der Waals surface area contributed by atoms with Gasteiger partial charge in [-0.1, -0.05) is 32.6 Å². The Balaban J connectivity index is 1.59. The van der Waals surface area contributed by atoms with Gasteiger partial charge < -0.3 is 14.4 Å². The second kappa shape index (κ2) is 15.0.